The number of halogens is 1. The van der Waals surface area contributed by atoms with Gasteiger partial charge in [0.25, 0.3) is 0 Å². The molecule has 1 atom stereocenters. The number of hydrogen-bond acceptors (Lipinski definition) is 4. The van der Waals surface area contributed by atoms with Crippen molar-refractivity contribution in [3.63, 3.8) is 0 Å². The lowest BCUT2D eigenvalue weighted by atomic mass is 10.1. The fraction of sp³-hybridized carbons (Fsp3) is 0.333. The highest BCUT2D eigenvalue weighted by Gasteiger charge is 2.18. The quantitative estimate of drug-likeness (QED) is 0.710. The Morgan fingerprint density at radius 2 is 2.50 bits per heavy atom. The third-order valence-electron chi connectivity index (χ3n) is 1.72. The number of aromatic nitrogens is 1. The molecule has 1 aromatic rings. The fourth-order valence-corrected chi connectivity index (χ4v) is 1.03. The molecule has 0 aliphatic rings. The summed E-state index contributed by atoms with van der Waals surface area (Å²) in [6.07, 6.45) is 2.32. The normalized spacial score (nSPS) is 12.5. The van der Waals surface area contributed by atoms with E-state index in [1.807, 2.05) is 0 Å². The van der Waals surface area contributed by atoms with Crippen LogP contribution in [0.3, 0.4) is 0 Å². The Morgan fingerprint density at radius 1 is 1.79 bits per heavy atom. The van der Waals surface area contributed by atoms with E-state index in [1.54, 1.807) is 0 Å². The molecule has 76 valence electrons. The molecule has 1 unspecified atom stereocenters. The van der Waals surface area contributed by atoms with E-state index in [0.717, 1.165) is 6.20 Å². The molecule has 0 spiro atoms. The van der Waals surface area contributed by atoms with Gasteiger partial charge in [0.15, 0.2) is 11.6 Å². The minimum atomic E-state index is -0.836. The van der Waals surface area contributed by atoms with Gasteiger partial charge in [-0.05, 0) is 6.07 Å². The van der Waals surface area contributed by atoms with Crippen molar-refractivity contribution in [2.24, 2.45) is 5.73 Å². The summed E-state index contributed by atoms with van der Waals surface area (Å²) < 4.78 is 17.8. The fourth-order valence-electron chi connectivity index (χ4n) is 1.03. The Bertz CT molecular complexity index is 330. The van der Waals surface area contributed by atoms with E-state index in [-0.39, 0.29) is 12.2 Å². The summed E-state index contributed by atoms with van der Waals surface area (Å²) in [4.78, 5) is 15.0. The Hall–Kier alpha value is -1.33. The van der Waals surface area contributed by atoms with Crippen LogP contribution in [0.4, 0.5) is 4.39 Å². The molecular formula is C9H11FN2O2. The zero-order chi connectivity index (χ0) is 10.6. The minimum Gasteiger partial charge on any atom is -0.383 e. The molecule has 0 aliphatic heterocycles. The lowest BCUT2D eigenvalue weighted by molar-refractivity contribution is 0.0888. The first kappa shape index (κ1) is 10.7. The molecule has 4 nitrogen and oxygen atoms in total. The lowest BCUT2D eigenvalue weighted by Gasteiger charge is -2.09. The Labute approximate surface area is 80.9 Å². The van der Waals surface area contributed by atoms with Crippen molar-refractivity contribution in [1.29, 1.82) is 0 Å². The van der Waals surface area contributed by atoms with Crippen molar-refractivity contribution in [2.75, 3.05) is 13.7 Å². The highest BCUT2D eigenvalue weighted by atomic mass is 19.1. The molecule has 0 aliphatic carbocycles. The predicted molar refractivity (Wildman–Crippen MR) is 48.4 cm³/mol. The third-order valence-corrected chi connectivity index (χ3v) is 1.72. The molecule has 14 heavy (non-hydrogen) atoms. The average Bonchev–Trinajstić information content (AvgIpc) is 2.18. The topological polar surface area (TPSA) is 65.2 Å². The van der Waals surface area contributed by atoms with Gasteiger partial charge < -0.3 is 10.5 Å². The lowest BCUT2D eigenvalue weighted by Crippen LogP contribution is -2.35. The summed E-state index contributed by atoms with van der Waals surface area (Å²) >= 11 is 0. The monoisotopic (exact) mass is 198 g/mol. The Balaban J connectivity index is 2.84. The summed E-state index contributed by atoms with van der Waals surface area (Å²) in [6.45, 7) is 0.0700. The van der Waals surface area contributed by atoms with E-state index in [1.165, 1.54) is 19.4 Å². The van der Waals surface area contributed by atoms with Crippen LogP contribution in [0.15, 0.2) is 18.5 Å². The van der Waals surface area contributed by atoms with Crippen molar-refractivity contribution in [1.82, 2.24) is 4.98 Å². The van der Waals surface area contributed by atoms with Crippen LogP contribution in [0.5, 0.6) is 0 Å². The molecular weight excluding hydrogens is 187 g/mol. The molecule has 0 fully saturated rings. The molecule has 0 amide bonds. The van der Waals surface area contributed by atoms with Crippen LogP contribution in [0.1, 0.15) is 10.4 Å². The second-order valence-corrected chi connectivity index (χ2v) is 2.78. The van der Waals surface area contributed by atoms with Crippen LogP contribution in [0.2, 0.25) is 0 Å². The standard InChI is InChI=1S/C9H11FN2O2/c1-14-5-8(11)9(13)6-2-3-12-4-7(6)10/h2-4,8H,5,11H2,1H3. The number of nitrogens with two attached hydrogens (primary N) is 1. The Morgan fingerprint density at radius 3 is 3.07 bits per heavy atom. The zero-order valence-corrected chi connectivity index (χ0v) is 7.74. The minimum absolute atomic E-state index is 0.0513. The number of carbonyl (C=O) groups is 1. The van der Waals surface area contributed by atoms with Crippen LogP contribution >= 0.6 is 0 Å². The van der Waals surface area contributed by atoms with Crippen molar-refractivity contribution >= 4 is 5.78 Å². The molecule has 0 aromatic carbocycles. The predicted octanol–water partition coefficient (Wildman–Crippen LogP) is 0.377. The van der Waals surface area contributed by atoms with Crippen LogP contribution < -0.4 is 5.73 Å². The SMILES string of the molecule is COCC(N)C(=O)c1ccncc1F. The van der Waals surface area contributed by atoms with E-state index >= 15 is 0 Å². The number of ketones is 1. The van der Waals surface area contributed by atoms with Gasteiger partial charge in [0.05, 0.1) is 24.4 Å². The number of methoxy groups -OCH3 is 1. The second-order valence-electron chi connectivity index (χ2n) is 2.78. The van der Waals surface area contributed by atoms with Crippen molar-refractivity contribution in [2.45, 2.75) is 6.04 Å². The molecule has 0 radical (unpaired) electrons. The Kier molecular flexibility index (Phi) is 3.67. The number of hydrogen-bond donors (Lipinski definition) is 1. The van der Waals surface area contributed by atoms with E-state index in [0.29, 0.717) is 0 Å². The average molecular weight is 198 g/mol. The maximum Gasteiger partial charge on any atom is 0.184 e. The van der Waals surface area contributed by atoms with Gasteiger partial charge in [0.2, 0.25) is 0 Å². The molecule has 1 aromatic heterocycles. The van der Waals surface area contributed by atoms with Crippen LogP contribution in [0, 0.1) is 5.82 Å². The van der Waals surface area contributed by atoms with E-state index in [4.69, 9.17) is 10.5 Å². The third kappa shape index (κ3) is 2.34. The molecule has 5 heteroatoms. The number of carbonyl (C=O) groups excluding carboxylic acids is 1. The van der Waals surface area contributed by atoms with Gasteiger partial charge in [0, 0.05) is 13.3 Å². The van der Waals surface area contributed by atoms with E-state index < -0.39 is 17.6 Å². The smallest absolute Gasteiger partial charge is 0.184 e. The molecule has 0 saturated heterocycles. The van der Waals surface area contributed by atoms with Crippen LogP contribution in [0.25, 0.3) is 0 Å². The molecule has 0 saturated carbocycles. The maximum absolute atomic E-state index is 13.1. The second kappa shape index (κ2) is 4.78. The summed E-state index contributed by atoms with van der Waals surface area (Å²) in [5, 5.41) is 0. The molecule has 0 bridgehead atoms. The van der Waals surface area contributed by atoms with E-state index in [2.05, 4.69) is 4.98 Å². The van der Waals surface area contributed by atoms with Crippen molar-refractivity contribution < 1.29 is 13.9 Å². The molecule has 2 N–H and O–H groups in total. The van der Waals surface area contributed by atoms with Crippen LogP contribution in [-0.4, -0.2) is 30.5 Å². The highest BCUT2D eigenvalue weighted by Crippen LogP contribution is 2.07. The highest BCUT2D eigenvalue weighted by molar-refractivity contribution is 6.00. The van der Waals surface area contributed by atoms with Crippen molar-refractivity contribution in [3.05, 3.63) is 29.8 Å². The van der Waals surface area contributed by atoms with Gasteiger partial charge in [-0.15, -0.1) is 0 Å². The number of pyridine rings is 1. The first-order valence-corrected chi connectivity index (χ1v) is 4.05. The summed E-state index contributed by atoms with van der Waals surface area (Å²) in [5.41, 5.74) is 5.42. The van der Waals surface area contributed by atoms with Gasteiger partial charge in [-0.3, -0.25) is 9.78 Å². The number of rotatable bonds is 4. The summed E-state index contributed by atoms with van der Waals surface area (Å²) in [5.74, 6) is -1.14. The maximum atomic E-state index is 13.1. The number of nitrogens with zero attached hydrogens (tertiary/aromatic N) is 1. The van der Waals surface area contributed by atoms with E-state index in [9.17, 15) is 9.18 Å². The number of ether oxygens (including phenoxy) is 1. The van der Waals surface area contributed by atoms with Crippen LogP contribution in [-0.2, 0) is 4.74 Å². The molecule has 1 heterocycles. The van der Waals surface area contributed by atoms with Gasteiger partial charge in [-0.1, -0.05) is 0 Å². The van der Waals surface area contributed by atoms with Gasteiger partial charge in [0.1, 0.15) is 0 Å². The van der Waals surface area contributed by atoms with Gasteiger partial charge >= 0.3 is 0 Å². The first-order chi connectivity index (χ1) is 6.66. The van der Waals surface area contributed by atoms with Gasteiger partial charge in [-0.25, -0.2) is 4.39 Å². The summed E-state index contributed by atoms with van der Waals surface area (Å²) in [6, 6.07) is 0.463. The van der Waals surface area contributed by atoms with Gasteiger partial charge in [-0.2, -0.15) is 0 Å². The van der Waals surface area contributed by atoms with Crippen molar-refractivity contribution in [3.8, 4) is 0 Å². The largest absolute Gasteiger partial charge is 0.383 e. The first-order valence-electron chi connectivity index (χ1n) is 4.05. The summed E-state index contributed by atoms with van der Waals surface area (Å²) in [7, 11) is 1.43. The molecule has 1 rings (SSSR count). The number of Topliss-reactive ketones (excluding diaryl/α,β-unsaturated/α-hetero) is 1. The zero-order valence-electron chi connectivity index (χ0n) is 7.74.